The standard InChI is InChI=1S/C31H38N2O3S/c1-5-30(27-13-12-25-8-6-7-9-26(25)20-27)32-31(34)21-33(28-16-14-24(15-17-28)22(2)3)37(35,36)29-18-10-23(4)11-19-29/h10-20,22,30H,5-9,21H2,1-4H3,(H,32,34). The van der Waals surface area contributed by atoms with Crippen LogP contribution in [0.1, 0.15) is 79.8 Å². The maximum Gasteiger partial charge on any atom is 0.264 e. The van der Waals surface area contributed by atoms with E-state index in [-0.39, 0.29) is 23.4 Å². The van der Waals surface area contributed by atoms with Crippen LogP contribution in [0.2, 0.25) is 0 Å². The van der Waals surface area contributed by atoms with Crippen LogP contribution in [-0.2, 0) is 27.7 Å². The van der Waals surface area contributed by atoms with Crippen LogP contribution in [0.4, 0.5) is 5.69 Å². The van der Waals surface area contributed by atoms with E-state index in [1.807, 2.05) is 26.0 Å². The largest absolute Gasteiger partial charge is 0.348 e. The summed E-state index contributed by atoms with van der Waals surface area (Å²) in [6.45, 7) is 7.84. The number of carbonyl (C=O) groups excluding carboxylic acids is 1. The van der Waals surface area contributed by atoms with Crippen molar-refractivity contribution in [1.29, 1.82) is 0 Å². The molecule has 0 radical (unpaired) electrons. The summed E-state index contributed by atoms with van der Waals surface area (Å²) in [7, 11) is -3.95. The van der Waals surface area contributed by atoms with Crippen LogP contribution in [0.3, 0.4) is 0 Å². The van der Waals surface area contributed by atoms with Gasteiger partial charge in [0.15, 0.2) is 0 Å². The highest BCUT2D eigenvalue weighted by atomic mass is 32.2. The monoisotopic (exact) mass is 518 g/mol. The second-order valence-corrected chi connectivity index (χ2v) is 12.2. The molecule has 0 saturated carbocycles. The highest BCUT2D eigenvalue weighted by Gasteiger charge is 2.28. The third-order valence-corrected chi connectivity index (χ3v) is 9.05. The van der Waals surface area contributed by atoms with Gasteiger partial charge in [0, 0.05) is 0 Å². The van der Waals surface area contributed by atoms with Gasteiger partial charge in [-0.2, -0.15) is 0 Å². The minimum absolute atomic E-state index is 0.167. The molecule has 1 amide bonds. The molecule has 0 spiro atoms. The van der Waals surface area contributed by atoms with Gasteiger partial charge in [0.05, 0.1) is 16.6 Å². The zero-order valence-electron chi connectivity index (χ0n) is 22.3. The van der Waals surface area contributed by atoms with E-state index in [0.717, 1.165) is 36.0 Å². The summed E-state index contributed by atoms with van der Waals surface area (Å²) in [6.07, 6.45) is 5.33. The van der Waals surface area contributed by atoms with E-state index in [0.29, 0.717) is 11.6 Å². The fraction of sp³-hybridized carbons (Fsp3) is 0.387. The Kier molecular flexibility index (Phi) is 8.38. The quantitative estimate of drug-likeness (QED) is 0.353. The molecule has 1 N–H and O–H groups in total. The van der Waals surface area contributed by atoms with E-state index in [9.17, 15) is 13.2 Å². The molecule has 1 atom stereocenters. The van der Waals surface area contributed by atoms with Crippen molar-refractivity contribution in [2.24, 2.45) is 0 Å². The average Bonchev–Trinajstić information content (AvgIpc) is 2.90. The van der Waals surface area contributed by atoms with E-state index in [4.69, 9.17) is 0 Å². The van der Waals surface area contributed by atoms with Gasteiger partial charge in [0.1, 0.15) is 6.54 Å². The van der Waals surface area contributed by atoms with Gasteiger partial charge in [0.25, 0.3) is 10.0 Å². The lowest BCUT2D eigenvalue weighted by molar-refractivity contribution is -0.120. The van der Waals surface area contributed by atoms with E-state index >= 15 is 0 Å². The van der Waals surface area contributed by atoms with Crippen molar-refractivity contribution in [3.63, 3.8) is 0 Å². The van der Waals surface area contributed by atoms with Crippen LogP contribution in [0, 0.1) is 6.92 Å². The summed E-state index contributed by atoms with van der Waals surface area (Å²) in [5.41, 5.74) is 6.40. The smallest absolute Gasteiger partial charge is 0.264 e. The third kappa shape index (κ3) is 6.24. The third-order valence-electron chi connectivity index (χ3n) is 7.26. The number of nitrogens with one attached hydrogen (secondary N) is 1. The molecular weight excluding hydrogens is 480 g/mol. The van der Waals surface area contributed by atoms with E-state index < -0.39 is 10.0 Å². The summed E-state index contributed by atoms with van der Waals surface area (Å²) in [4.78, 5) is 13.5. The Morgan fingerprint density at radius 3 is 2.14 bits per heavy atom. The zero-order valence-corrected chi connectivity index (χ0v) is 23.1. The lowest BCUT2D eigenvalue weighted by Gasteiger charge is -2.26. The fourth-order valence-electron chi connectivity index (χ4n) is 4.94. The van der Waals surface area contributed by atoms with Crippen LogP contribution in [-0.4, -0.2) is 20.9 Å². The normalized spacial score (nSPS) is 14.2. The molecule has 37 heavy (non-hydrogen) atoms. The predicted molar refractivity (Wildman–Crippen MR) is 151 cm³/mol. The molecule has 4 rings (SSSR count). The Hall–Kier alpha value is -3.12. The molecule has 3 aromatic rings. The number of rotatable bonds is 9. The Morgan fingerprint density at radius 1 is 0.892 bits per heavy atom. The molecule has 1 aliphatic rings. The van der Waals surface area contributed by atoms with Crippen LogP contribution in [0.25, 0.3) is 0 Å². The number of benzene rings is 3. The van der Waals surface area contributed by atoms with Gasteiger partial charge in [-0.3, -0.25) is 9.10 Å². The molecule has 3 aromatic carbocycles. The van der Waals surface area contributed by atoms with Crippen LogP contribution >= 0.6 is 0 Å². The van der Waals surface area contributed by atoms with Crippen LogP contribution in [0.5, 0.6) is 0 Å². The first-order chi connectivity index (χ1) is 17.7. The van der Waals surface area contributed by atoms with Crippen LogP contribution < -0.4 is 9.62 Å². The molecular formula is C31H38N2O3S. The molecule has 0 heterocycles. The second kappa shape index (κ2) is 11.5. The lowest BCUT2D eigenvalue weighted by atomic mass is 9.89. The summed E-state index contributed by atoms with van der Waals surface area (Å²) >= 11 is 0. The molecule has 1 unspecified atom stereocenters. The van der Waals surface area contributed by atoms with E-state index in [1.165, 1.54) is 28.3 Å². The number of aryl methyl sites for hydroxylation is 3. The van der Waals surface area contributed by atoms with Crippen molar-refractivity contribution in [2.45, 2.75) is 76.7 Å². The van der Waals surface area contributed by atoms with Gasteiger partial charge in [-0.25, -0.2) is 8.42 Å². The summed E-state index contributed by atoms with van der Waals surface area (Å²) in [5, 5.41) is 3.11. The number of hydrogen-bond donors (Lipinski definition) is 1. The van der Waals surface area contributed by atoms with Crippen LogP contribution in [0.15, 0.2) is 71.6 Å². The molecule has 5 nitrogen and oxygen atoms in total. The summed E-state index contributed by atoms with van der Waals surface area (Å²) in [6, 6.07) is 20.5. The number of amides is 1. The van der Waals surface area contributed by atoms with Gasteiger partial charge < -0.3 is 5.32 Å². The first-order valence-corrected chi connectivity index (χ1v) is 14.7. The van der Waals surface area contributed by atoms with Crippen molar-refractivity contribution in [1.82, 2.24) is 5.32 Å². The first kappa shape index (κ1) is 26.9. The molecule has 0 aliphatic heterocycles. The average molecular weight is 519 g/mol. The summed E-state index contributed by atoms with van der Waals surface area (Å²) in [5.74, 6) is -0.00497. The van der Waals surface area contributed by atoms with E-state index in [2.05, 4.69) is 37.4 Å². The molecule has 0 aromatic heterocycles. The fourth-order valence-corrected chi connectivity index (χ4v) is 6.36. The van der Waals surface area contributed by atoms with Gasteiger partial charge in [-0.05, 0) is 91.5 Å². The number of carbonyl (C=O) groups is 1. The molecule has 0 bridgehead atoms. The molecule has 196 valence electrons. The topological polar surface area (TPSA) is 66.5 Å². The Morgan fingerprint density at radius 2 is 1.51 bits per heavy atom. The highest BCUT2D eigenvalue weighted by molar-refractivity contribution is 7.92. The van der Waals surface area contributed by atoms with Crippen molar-refractivity contribution < 1.29 is 13.2 Å². The second-order valence-electron chi connectivity index (χ2n) is 10.3. The van der Waals surface area contributed by atoms with Gasteiger partial charge in [-0.1, -0.05) is 68.8 Å². The van der Waals surface area contributed by atoms with Gasteiger partial charge in [0.2, 0.25) is 5.91 Å². The highest BCUT2D eigenvalue weighted by Crippen LogP contribution is 2.28. The van der Waals surface area contributed by atoms with Crippen molar-refractivity contribution in [3.8, 4) is 0 Å². The zero-order chi connectivity index (χ0) is 26.6. The molecule has 1 aliphatic carbocycles. The first-order valence-electron chi connectivity index (χ1n) is 13.3. The molecule has 0 saturated heterocycles. The lowest BCUT2D eigenvalue weighted by Crippen LogP contribution is -2.42. The minimum Gasteiger partial charge on any atom is -0.348 e. The SMILES string of the molecule is CCC(NC(=O)CN(c1ccc(C(C)C)cc1)S(=O)(=O)c1ccc(C)cc1)c1ccc2c(c1)CCCC2. The maximum atomic E-state index is 13.7. The minimum atomic E-state index is -3.95. The maximum absolute atomic E-state index is 13.7. The predicted octanol–water partition coefficient (Wildman–Crippen LogP) is 6.46. The van der Waals surface area contributed by atoms with Crippen molar-refractivity contribution >= 4 is 21.6 Å². The Balaban J connectivity index is 1.60. The Bertz CT molecular complexity index is 1330. The number of nitrogens with zero attached hydrogens (tertiary/aromatic N) is 1. The number of sulfonamides is 1. The van der Waals surface area contributed by atoms with Gasteiger partial charge in [-0.15, -0.1) is 0 Å². The molecule has 6 heteroatoms. The van der Waals surface area contributed by atoms with E-state index in [1.54, 1.807) is 36.4 Å². The number of fused-ring (bicyclic) bond motifs is 1. The van der Waals surface area contributed by atoms with Crippen molar-refractivity contribution in [3.05, 3.63) is 94.5 Å². The number of hydrogen-bond acceptors (Lipinski definition) is 3. The van der Waals surface area contributed by atoms with Gasteiger partial charge >= 0.3 is 0 Å². The molecule has 0 fully saturated rings. The Labute approximate surface area is 222 Å². The number of anilines is 1. The van der Waals surface area contributed by atoms with Crippen molar-refractivity contribution in [2.75, 3.05) is 10.8 Å². The summed E-state index contributed by atoms with van der Waals surface area (Å²) < 4.78 is 28.7.